The third-order valence-electron chi connectivity index (χ3n) is 2.87. The van der Waals surface area contributed by atoms with E-state index in [-0.39, 0.29) is 11.9 Å². The highest BCUT2D eigenvalue weighted by molar-refractivity contribution is 7.09. The summed E-state index contributed by atoms with van der Waals surface area (Å²) in [6.07, 6.45) is 0. The van der Waals surface area contributed by atoms with Gasteiger partial charge in [0.05, 0.1) is 13.2 Å². The Morgan fingerprint density at radius 2 is 2.47 bits per heavy atom. The molecule has 1 aromatic rings. The first-order valence-electron chi connectivity index (χ1n) is 6.05. The van der Waals surface area contributed by atoms with Crippen molar-refractivity contribution in [3.63, 3.8) is 0 Å². The first-order chi connectivity index (χ1) is 9.20. The number of amides is 3. The summed E-state index contributed by atoms with van der Waals surface area (Å²) in [5, 5.41) is 7.18. The Morgan fingerprint density at radius 1 is 1.63 bits per heavy atom. The molecule has 2 rings (SSSR count). The molecule has 6 nitrogen and oxygen atoms in total. The molecule has 1 saturated heterocycles. The molecule has 1 atom stereocenters. The molecular formula is C12H17N3O3S. The largest absolute Gasteiger partial charge is 0.383 e. The summed E-state index contributed by atoms with van der Waals surface area (Å²) < 4.78 is 5.03. The molecule has 7 heteroatoms. The fourth-order valence-electron chi connectivity index (χ4n) is 1.88. The highest BCUT2D eigenvalue weighted by Crippen LogP contribution is 2.13. The topological polar surface area (TPSA) is 70.7 Å². The van der Waals surface area contributed by atoms with Crippen LogP contribution in [0.15, 0.2) is 17.5 Å². The lowest BCUT2D eigenvalue weighted by molar-refractivity contribution is -0.133. The van der Waals surface area contributed by atoms with Crippen molar-refractivity contribution in [3.8, 4) is 0 Å². The van der Waals surface area contributed by atoms with Crippen LogP contribution in [0.25, 0.3) is 0 Å². The number of hydrogen-bond acceptors (Lipinski definition) is 4. The van der Waals surface area contributed by atoms with Gasteiger partial charge in [-0.25, -0.2) is 4.79 Å². The molecule has 1 aromatic heterocycles. The molecular weight excluding hydrogens is 266 g/mol. The van der Waals surface area contributed by atoms with E-state index in [4.69, 9.17) is 4.74 Å². The number of rotatable bonds is 6. The molecule has 1 aliphatic heterocycles. The molecule has 0 radical (unpaired) electrons. The maximum absolute atomic E-state index is 12.3. The van der Waals surface area contributed by atoms with Gasteiger partial charge in [0.15, 0.2) is 0 Å². The number of nitrogens with one attached hydrogen (secondary N) is 2. The summed E-state index contributed by atoms with van der Waals surface area (Å²) in [4.78, 5) is 26.3. The molecule has 2 N–H and O–H groups in total. The van der Waals surface area contributed by atoms with Gasteiger partial charge in [0.2, 0.25) is 5.91 Å². The zero-order valence-corrected chi connectivity index (χ0v) is 11.5. The summed E-state index contributed by atoms with van der Waals surface area (Å²) in [7, 11) is 1.60. The van der Waals surface area contributed by atoms with Gasteiger partial charge in [-0.2, -0.15) is 0 Å². The van der Waals surface area contributed by atoms with Crippen molar-refractivity contribution in [3.05, 3.63) is 22.4 Å². The minimum atomic E-state index is -0.482. The summed E-state index contributed by atoms with van der Waals surface area (Å²) in [6, 6.07) is 3.17. The monoisotopic (exact) mass is 283 g/mol. The first kappa shape index (κ1) is 13.8. The highest BCUT2D eigenvalue weighted by Gasteiger charge is 2.30. The third kappa shape index (κ3) is 3.68. The number of carbonyl (C=O) groups excluding carboxylic acids is 2. The zero-order chi connectivity index (χ0) is 13.7. The van der Waals surface area contributed by atoms with Gasteiger partial charge in [-0.1, -0.05) is 6.07 Å². The van der Waals surface area contributed by atoms with Gasteiger partial charge >= 0.3 is 6.03 Å². The van der Waals surface area contributed by atoms with Crippen molar-refractivity contribution in [2.24, 2.45) is 0 Å². The predicted molar refractivity (Wildman–Crippen MR) is 71.9 cm³/mol. The van der Waals surface area contributed by atoms with Gasteiger partial charge in [0, 0.05) is 25.1 Å². The normalized spacial score (nSPS) is 17.9. The van der Waals surface area contributed by atoms with Gasteiger partial charge in [0.25, 0.3) is 0 Å². The SMILES string of the molecule is COCCN(Cc1cccs1)C(=O)[C@H]1CNC(=O)N1. The summed E-state index contributed by atoms with van der Waals surface area (Å²) in [6.45, 7) is 1.88. The number of ether oxygens (including phenoxy) is 1. The smallest absolute Gasteiger partial charge is 0.315 e. The van der Waals surface area contributed by atoms with Crippen LogP contribution in [0.2, 0.25) is 0 Å². The van der Waals surface area contributed by atoms with Crippen LogP contribution in [0, 0.1) is 0 Å². The van der Waals surface area contributed by atoms with E-state index in [1.807, 2.05) is 17.5 Å². The van der Waals surface area contributed by atoms with Crippen molar-refractivity contribution in [1.82, 2.24) is 15.5 Å². The number of nitrogens with zero attached hydrogens (tertiary/aromatic N) is 1. The van der Waals surface area contributed by atoms with E-state index < -0.39 is 6.04 Å². The lowest BCUT2D eigenvalue weighted by Crippen LogP contribution is -2.46. The van der Waals surface area contributed by atoms with E-state index in [2.05, 4.69) is 10.6 Å². The lowest BCUT2D eigenvalue weighted by Gasteiger charge is -2.24. The molecule has 104 valence electrons. The van der Waals surface area contributed by atoms with Crippen molar-refractivity contribution < 1.29 is 14.3 Å². The molecule has 3 amide bonds. The molecule has 0 aromatic carbocycles. The van der Waals surface area contributed by atoms with Gasteiger partial charge in [0.1, 0.15) is 6.04 Å². The molecule has 1 aliphatic rings. The van der Waals surface area contributed by atoms with E-state index in [0.29, 0.717) is 26.2 Å². The first-order valence-corrected chi connectivity index (χ1v) is 6.93. The number of methoxy groups -OCH3 is 1. The van der Waals surface area contributed by atoms with Crippen LogP contribution in [-0.2, 0) is 16.1 Å². The van der Waals surface area contributed by atoms with Crippen LogP contribution in [0.5, 0.6) is 0 Å². The van der Waals surface area contributed by atoms with Crippen LogP contribution >= 0.6 is 11.3 Å². The van der Waals surface area contributed by atoms with Gasteiger partial charge in [-0.05, 0) is 11.4 Å². The average molecular weight is 283 g/mol. The van der Waals surface area contributed by atoms with Crippen molar-refractivity contribution in [2.75, 3.05) is 26.8 Å². The molecule has 19 heavy (non-hydrogen) atoms. The van der Waals surface area contributed by atoms with Crippen LogP contribution in [0.3, 0.4) is 0 Å². The molecule has 0 spiro atoms. The summed E-state index contributed by atoms with van der Waals surface area (Å²) >= 11 is 1.61. The molecule has 0 saturated carbocycles. The minimum absolute atomic E-state index is 0.0798. The molecule has 0 unspecified atom stereocenters. The number of hydrogen-bond donors (Lipinski definition) is 2. The average Bonchev–Trinajstić information content (AvgIpc) is 3.05. The molecule has 0 aliphatic carbocycles. The summed E-state index contributed by atoms with van der Waals surface area (Å²) in [5.41, 5.74) is 0. The molecule has 2 heterocycles. The number of carbonyl (C=O) groups is 2. The Bertz CT molecular complexity index is 435. The Morgan fingerprint density at radius 3 is 3.05 bits per heavy atom. The highest BCUT2D eigenvalue weighted by atomic mass is 32.1. The third-order valence-corrected chi connectivity index (χ3v) is 3.74. The van der Waals surface area contributed by atoms with Crippen molar-refractivity contribution >= 4 is 23.3 Å². The fraction of sp³-hybridized carbons (Fsp3) is 0.500. The quantitative estimate of drug-likeness (QED) is 0.794. The van der Waals surface area contributed by atoms with E-state index in [1.165, 1.54) is 0 Å². The maximum Gasteiger partial charge on any atom is 0.315 e. The van der Waals surface area contributed by atoms with Crippen LogP contribution < -0.4 is 10.6 Å². The van der Waals surface area contributed by atoms with Gasteiger partial charge in [-0.3, -0.25) is 4.79 Å². The molecule has 1 fully saturated rings. The van der Waals surface area contributed by atoms with Crippen LogP contribution in [0.4, 0.5) is 4.79 Å². The van der Waals surface area contributed by atoms with Crippen LogP contribution in [0.1, 0.15) is 4.88 Å². The van der Waals surface area contributed by atoms with Gasteiger partial charge in [-0.15, -0.1) is 11.3 Å². The van der Waals surface area contributed by atoms with Gasteiger partial charge < -0.3 is 20.3 Å². The van der Waals surface area contributed by atoms with E-state index in [9.17, 15) is 9.59 Å². The minimum Gasteiger partial charge on any atom is -0.383 e. The number of thiophene rings is 1. The van der Waals surface area contributed by atoms with Crippen molar-refractivity contribution in [2.45, 2.75) is 12.6 Å². The Balaban J connectivity index is 1.99. The van der Waals surface area contributed by atoms with E-state index in [1.54, 1.807) is 23.3 Å². The lowest BCUT2D eigenvalue weighted by atomic mass is 10.2. The maximum atomic E-state index is 12.3. The van der Waals surface area contributed by atoms with E-state index in [0.717, 1.165) is 4.88 Å². The standard InChI is InChI=1S/C12H17N3O3S/c1-18-5-4-15(8-9-3-2-6-19-9)11(16)10-7-13-12(17)14-10/h2-3,6,10H,4-5,7-8H2,1H3,(H2,13,14,17)/t10-/m1/s1. The zero-order valence-electron chi connectivity index (χ0n) is 10.7. The second-order valence-electron chi connectivity index (χ2n) is 4.24. The second kappa shape index (κ2) is 6.53. The van der Waals surface area contributed by atoms with E-state index >= 15 is 0 Å². The second-order valence-corrected chi connectivity index (χ2v) is 5.27. The number of urea groups is 1. The Hall–Kier alpha value is -1.60. The molecule has 0 bridgehead atoms. The van der Waals surface area contributed by atoms with Crippen LogP contribution in [-0.4, -0.2) is 49.7 Å². The van der Waals surface area contributed by atoms with Crippen molar-refractivity contribution in [1.29, 1.82) is 0 Å². The fourth-order valence-corrected chi connectivity index (χ4v) is 2.60. The Labute approximate surface area is 115 Å². The predicted octanol–water partition coefficient (Wildman–Crippen LogP) is 0.405. The summed E-state index contributed by atoms with van der Waals surface area (Å²) in [5.74, 6) is -0.0798. The Kier molecular flexibility index (Phi) is 4.75.